The van der Waals surface area contributed by atoms with Gasteiger partial charge in [0.05, 0.1) is 5.69 Å². The van der Waals surface area contributed by atoms with E-state index in [9.17, 15) is 9.18 Å². The molecule has 3 heterocycles. The fraction of sp³-hybridized carbons (Fsp3) is 0.474. The van der Waals surface area contributed by atoms with E-state index in [2.05, 4.69) is 15.3 Å². The molecule has 1 aromatic heterocycles. The molecule has 0 saturated carbocycles. The van der Waals surface area contributed by atoms with Crippen LogP contribution in [0.15, 0.2) is 30.3 Å². The van der Waals surface area contributed by atoms with E-state index < -0.39 is 0 Å². The van der Waals surface area contributed by atoms with Crippen molar-refractivity contribution in [2.45, 2.75) is 37.6 Å². The van der Waals surface area contributed by atoms with E-state index in [1.54, 1.807) is 16.8 Å². The van der Waals surface area contributed by atoms with Crippen molar-refractivity contribution in [1.29, 1.82) is 0 Å². The Morgan fingerprint density at radius 2 is 1.92 bits per heavy atom. The first-order valence-electron chi connectivity index (χ1n) is 8.91. The monoisotopic (exact) mass is 342 g/mol. The number of nitrogens with one attached hydrogen (secondary N) is 1. The van der Waals surface area contributed by atoms with E-state index in [1.165, 1.54) is 25.0 Å². The molecule has 0 spiro atoms. The molecule has 1 aromatic carbocycles. The summed E-state index contributed by atoms with van der Waals surface area (Å²) < 4.78 is 14.8. The van der Waals surface area contributed by atoms with Crippen LogP contribution in [-0.2, 0) is 11.8 Å². The molecular formula is C19H23FN4O. The van der Waals surface area contributed by atoms with Gasteiger partial charge in [-0.15, -0.1) is 0 Å². The number of nitrogens with zero attached hydrogens (tertiary/aromatic N) is 3. The number of carbonyl (C=O) groups is 1. The lowest BCUT2D eigenvalue weighted by molar-refractivity contribution is -0.118. The Morgan fingerprint density at radius 1 is 1.24 bits per heavy atom. The van der Waals surface area contributed by atoms with Gasteiger partial charge in [-0.2, -0.15) is 5.10 Å². The average molecular weight is 342 g/mol. The molecule has 0 radical (unpaired) electrons. The van der Waals surface area contributed by atoms with Gasteiger partial charge >= 0.3 is 0 Å². The molecule has 0 bridgehead atoms. The number of hydrogen-bond acceptors (Lipinski definition) is 3. The van der Waals surface area contributed by atoms with Crippen molar-refractivity contribution >= 4 is 11.7 Å². The van der Waals surface area contributed by atoms with Crippen LogP contribution in [0, 0.1) is 5.82 Å². The van der Waals surface area contributed by atoms with Gasteiger partial charge in [0.1, 0.15) is 5.82 Å². The Hall–Kier alpha value is -2.21. The minimum absolute atomic E-state index is 0.0255. The SMILES string of the molecule is Cn1nc(NC(=O)CC23CCCN2CCC3)cc1-c1ccc(F)cc1. The molecule has 0 atom stereocenters. The minimum atomic E-state index is -0.267. The fourth-order valence-electron chi connectivity index (χ4n) is 4.42. The molecule has 2 fully saturated rings. The number of aromatic nitrogens is 2. The Morgan fingerprint density at radius 3 is 2.60 bits per heavy atom. The molecule has 2 aromatic rings. The lowest BCUT2D eigenvalue weighted by Gasteiger charge is -2.31. The smallest absolute Gasteiger partial charge is 0.227 e. The van der Waals surface area contributed by atoms with E-state index in [4.69, 9.17) is 0 Å². The summed E-state index contributed by atoms with van der Waals surface area (Å²) in [7, 11) is 1.82. The lowest BCUT2D eigenvalue weighted by atomic mass is 9.90. The van der Waals surface area contributed by atoms with Crippen LogP contribution in [0.4, 0.5) is 10.2 Å². The molecule has 2 saturated heterocycles. The molecule has 4 rings (SSSR count). The van der Waals surface area contributed by atoms with E-state index in [1.807, 2.05) is 13.1 Å². The van der Waals surface area contributed by atoms with Crippen LogP contribution in [0.25, 0.3) is 11.3 Å². The zero-order chi connectivity index (χ0) is 17.4. The zero-order valence-electron chi connectivity index (χ0n) is 14.5. The number of rotatable bonds is 4. The normalized spacial score (nSPS) is 19.1. The summed E-state index contributed by atoms with van der Waals surface area (Å²) in [5.74, 6) is 0.305. The Balaban J connectivity index is 1.47. The number of aryl methyl sites for hydroxylation is 1. The maximum atomic E-state index is 13.1. The van der Waals surface area contributed by atoms with Gasteiger partial charge in [0, 0.05) is 30.6 Å². The number of hydrogen-bond donors (Lipinski definition) is 1. The second kappa shape index (κ2) is 6.26. The van der Waals surface area contributed by atoms with Crippen molar-refractivity contribution in [1.82, 2.24) is 14.7 Å². The molecule has 25 heavy (non-hydrogen) atoms. The first-order valence-corrected chi connectivity index (χ1v) is 8.91. The molecule has 2 aliphatic heterocycles. The van der Waals surface area contributed by atoms with Crippen LogP contribution in [0.1, 0.15) is 32.1 Å². The highest BCUT2D eigenvalue weighted by atomic mass is 19.1. The summed E-state index contributed by atoms with van der Waals surface area (Å²) in [6, 6.07) is 8.12. The first kappa shape index (κ1) is 16.3. The number of carbonyl (C=O) groups excluding carboxylic acids is 1. The van der Waals surface area contributed by atoms with Crippen molar-refractivity contribution in [2.24, 2.45) is 7.05 Å². The van der Waals surface area contributed by atoms with Crippen LogP contribution < -0.4 is 5.32 Å². The van der Waals surface area contributed by atoms with Crippen molar-refractivity contribution in [2.75, 3.05) is 18.4 Å². The average Bonchev–Trinajstić information content (AvgIpc) is 3.22. The van der Waals surface area contributed by atoms with Gasteiger partial charge < -0.3 is 5.32 Å². The van der Waals surface area contributed by atoms with Crippen molar-refractivity contribution in [3.8, 4) is 11.3 Å². The molecule has 0 aliphatic carbocycles. The van der Waals surface area contributed by atoms with Crippen LogP contribution in [-0.4, -0.2) is 39.2 Å². The summed E-state index contributed by atoms with van der Waals surface area (Å²) in [4.78, 5) is 15.1. The topological polar surface area (TPSA) is 50.2 Å². The van der Waals surface area contributed by atoms with Crippen LogP contribution in [0.3, 0.4) is 0 Å². The zero-order valence-corrected chi connectivity index (χ0v) is 14.5. The minimum Gasteiger partial charge on any atom is -0.309 e. The Labute approximate surface area is 146 Å². The molecule has 6 heteroatoms. The number of benzene rings is 1. The highest BCUT2D eigenvalue weighted by Gasteiger charge is 2.45. The highest BCUT2D eigenvalue weighted by Crippen LogP contribution is 2.41. The van der Waals surface area contributed by atoms with Crippen LogP contribution >= 0.6 is 0 Å². The van der Waals surface area contributed by atoms with Gasteiger partial charge in [-0.3, -0.25) is 14.4 Å². The first-order chi connectivity index (χ1) is 12.1. The molecule has 1 N–H and O–H groups in total. The van der Waals surface area contributed by atoms with E-state index in [0.29, 0.717) is 12.2 Å². The summed E-state index contributed by atoms with van der Waals surface area (Å²) in [5, 5.41) is 7.33. The number of halogens is 1. The van der Waals surface area contributed by atoms with E-state index >= 15 is 0 Å². The molecule has 0 unspecified atom stereocenters. The van der Waals surface area contributed by atoms with Gasteiger partial charge in [0.2, 0.25) is 5.91 Å². The molecule has 5 nitrogen and oxygen atoms in total. The molecular weight excluding hydrogens is 319 g/mol. The predicted octanol–water partition coefficient (Wildman–Crippen LogP) is 3.18. The third-order valence-electron chi connectivity index (χ3n) is 5.59. The largest absolute Gasteiger partial charge is 0.309 e. The van der Waals surface area contributed by atoms with Crippen molar-refractivity contribution < 1.29 is 9.18 Å². The van der Waals surface area contributed by atoms with Gasteiger partial charge in [-0.25, -0.2) is 4.39 Å². The summed E-state index contributed by atoms with van der Waals surface area (Å²) >= 11 is 0. The van der Waals surface area contributed by atoms with Crippen LogP contribution in [0.5, 0.6) is 0 Å². The third-order valence-corrected chi connectivity index (χ3v) is 5.59. The number of amides is 1. The fourth-order valence-corrected chi connectivity index (χ4v) is 4.42. The summed E-state index contributed by atoms with van der Waals surface area (Å²) in [6.45, 7) is 2.23. The molecule has 1 amide bonds. The standard InChI is InChI=1S/C19H23FN4O/c1-23-16(14-4-6-15(20)7-5-14)12-17(22-23)21-18(25)13-19-8-2-10-24(19)11-3-9-19/h4-7,12H,2-3,8-11,13H2,1H3,(H,21,22,25). The van der Waals surface area contributed by atoms with Crippen molar-refractivity contribution in [3.63, 3.8) is 0 Å². The van der Waals surface area contributed by atoms with Crippen molar-refractivity contribution in [3.05, 3.63) is 36.1 Å². The van der Waals surface area contributed by atoms with E-state index in [0.717, 1.165) is 37.2 Å². The van der Waals surface area contributed by atoms with Gasteiger partial charge in [0.15, 0.2) is 5.82 Å². The highest BCUT2D eigenvalue weighted by molar-refractivity contribution is 5.91. The Bertz CT molecular complexity index is 773. The summed E-state index contributed by atoms with van der Waals surface area (Å²) in [5.41, 5.74) is 1.78. The lowest BCUT2D eigenvalue weighted by Crippen LogP contribution is -2.41. The summed E-state index contributed by atoms with van der Waals surface area (Å²) in [6.07, 6.45) is 5.14. The quantitative estimate of drug-likeness (QED) is 0.928. The second-order valence-corrected chi connectivity index (χ2v) is 7.19. The maximum Gasteiger partial charge on any atom is 0.227 e. The number of anilines is 1. The van der Waals surface area contributed by atoms with E-state index in [-0.39, 0.29) is 17.3 Å². The third kappa shape index (κ3) is 3.06. The van der Waals surface area contributed by atoms with Gasteiger partial charge in [-0.05, 0) is 63.0 Å². The molecule has 2 aliphatic rings. The second-order valence-electron chi connectivity index (χ2n) is 7.19. The maximum absolute atomic E-state index is 13.1. The Kier molecular flexibility index (Phi) is 4.07. The van der Waals surface area contributed by atoms with Gasteiger partial charge in [0.25, 0.3) is 0 Å². The van der Waals surface area contributed by atoms with Crippen LogP contribution in [0.2, 0.25) is 0 Å². The predicted molar refractivity (Wildman–Crippen MR) is 94.6 cm³/mol. The molecule has 132 valence electrons. The van der Waals surface area contributed by atoms with Gasteiger partial charge in [-0.1, -0.05) is 0 Å². The number of fused-ring (bicyclic) bond motifs is 1.